The number of carbonyl (C=O) groups excluding carboxylic acids is 1. The Bertz CT molecular complexity index is 1070. The molecular formula is C22H26N6OS. The number of rotatable bonds is 3. The molecule has 3 aromatic rings. The molecule has 7 nitrogen and oxygen atoms in total. The summed E-state index contributed by atoms with van der Waals surface area (Å²) in [4.78, 5) is 32.2. The van der Waals surface area contributed by atoms with Gasteiger partial charge in [-0.2, -0.15) is 0 Å². The zero-order chi connectivity index (χ0) is 20.7. The number of anilines is 1. The minimum Gasteiger partial charge on any atom is -0.338 e. The number of aromatic nitrogens is 3. The molecule has 0 spiro atoms. The van der Waals surface area contributed by atoms with Gasteiger partial charge in [0.1, 0.15) is 0 Å². The van der Waals surface area contributed by atoms with Crippen LogP contribution in [0.15, 0.2) is 29.9 Å². The maximum absolute atomic E-state index is 11.6. The standard InChI is InChI=1S/C22H26N6OS/c1-15(17-3-4-21-20(11-17)24-14-30-21)26-7-9-27(10-8-26)22-23-12-18-13-28(16(2)29)6-5-19(18)25-22/h3-4,11-12,14-15H,5-10,13H2,1-2H3. The molecule has 5 rings (SSSR count). The number of fused-ring (bicyclic) bond motifs is 2. The van der Waals surface area contributed by atoms with Crippen molar-refractivity contribution in [3.8, 4) is 0 Å². The van der Waals surface area contributed by atoms with Gasteiger partial charge < -0.3 is 9.80 Å². The van der Waals surface area contributed by atoms with Crippen LogP contribution >= 0.6 is 11.3 Å². The maximum Gasteiger partial charge on any atom is 0.225 e. The van der Waals surface area contributed by atoms with E-state index >= 15 is 0 Å². The number of piperazine rings is 1. The normalized spacial score (nSPS) is 18.5. The maximum atomic E-state index is 11.6. The summed E-state index contributed by atoms with van der Waals surface area (Å²) in [5.41, 5.74) is 6.49. The van der Waals surface area contributed by atoms with E-state index in [1.165, 1.54) is 10.3 Å². The zero-order valence-electron chi connectivity index (χ0n) is 17.4. The van der Waals surface area contributed by atoms with E-state index in [0.29, 0.717) is 12.6 Å². The van der Waals surface area contributed by atoms with Crippen molar-refractivity contribution < 1.29 is 4.79 Å². The van der Waals surface area contributed by atoms with Crippen LogP contribution in [0, 0.1) is 0 Å². The Balaban J connectivity index is 1.24. The Hall–Kier alpha value is -2.58. The Labute approximate surface area is 180 Å². The van der Waals surface area contributed by atoms with Gasteiger partial charge in [-0.25, -0.2) is 15.0 Å². The number of benzene rings is 1. The number of hydrogen-bond acceptors (Lipinski definition) is 7. The fraction of sp³-hybridized carbons (Fsp3) is 0.455. The molecule has 2 aliphatic rings. The summed E-state index contributed by atoms with van der Waals surface area (Å²) in [5, 5.41) is 0. The van der Waals surface area contributed by atoms with E-state index in [4.69, 9.17) is 4.98 Å². The third kappa shape index (κ3) is 3.65. The molecule has 4 heterocycles. The van der Waals surface area contributed by atoms with Crippen LogP contribution in [0.2, 0.25) is 0 Å². The fourth-order valence-corrected chi connectivity index (χ4v) is 5.04. The second kappa shape index (κ2) is 7.92. The van der Waals surface area contributed by atoms with Crippen molar-refractivity contribution in [2.45, 2.75) is 32.9 Å². The van der Waals surface area contributed by atoms with Crippen molar-refractivity contribution in [3.05, 3.63) is 46.7 Å². The first-order valence-corrected chi connectivity index (χ1v) is 11.4. The molecule has 156 valence electrons. The number of amides is 1. The van der Waals surface area contributed by atoms with E-state index in [1.54, 1.807) is 18.3 Å². The third-order valence-corrected chi connectivity index (χ3v) is 7.16. The minimum absolute atomic E-state index is 0.115. The minimum atomic E-state index is 0.115. The summed E-state index contributed by atoms with van der Waals surface area (Å²) >= 11 is 1.69. The van der Waals surface area contributed by atoms with Crippen molar-refractivity contribution in [2.24, 2.45) is 0 Å². The predicted molar refractivity (Wildman–Crippen MR) is 119 cm³/mol. The monoisotopic (exact) mass is 422 g/mol. The molecule has 2 aromatic heterocycles. The van der Waals surface area contributed by atoms with Crippen LogP contribution in [0.3, 0.4) is 0 Å². The lowest BCUT2D eigenvalue weighted by atomic mass is 10.1. The Morgan fingerprint density at radius 2 is 1.97 bits per heavy atom. The van der Waals surface area contributed by atoms with Crippen LogP contribution in [0.4, 0.5) is 5.95 Å². The topological polar surface area (TPSA) is 65.5 Å². The molecule has 2 aliphatic heterocycles. The van der Waals surface area contributed by atoms with Crippen LogP contribution in [-0.2, 0) is 17.8 Å². The molecule has 0 aliphatic carbocycles. The van der Waals surface area contributed by atoms with E-state index in [0.717, 1.165) is 61.9 Å². The van der Waals surface area contributed by atoms with E-state index in [9.17, 15) is 4.79 Å². The molecule has 30 heavy (non-hydrogen) atoms. The molecule has 1 aromatic carbocycles. The van der Waals surface area contributed by atoms with Crippen LogP contribution in [-0.4, -0.2) is 63.4 Å². The van der Waals surface area contributed by atoms with Crippen LogP contribution in [0.1, 0.15) is 36.7 Å². The summed E-state index contributed by atoms with van der Waals surface area (Å²) in [6.45, 7) is 9.06. The summed E-state index contributed by atoms with van der Waals surface area (Å²) in [6.07, 6.45) is 2.71. The average molecular weight is 423 g/mol. The van der Waals surface area contributed by atoms with Gasteiger partial charge >= 0.3 is 0 Å². The lowest BCUT2D eigenvalue weighted by Gasteiger charge is -2.38. The number of hydrogen-bond donors (Lipinski definition) is 0. The first-order chi connectivity index (χ1) is 14.6. The highest BCUT2D eigenvalue weighted by Crippen LogP contribution is 2.27. The number of nitrogens with zero attached hydrogens (tertiary/aromatic N) is 6. The highest BCUT2D eigenvalue weighted by molar-refractivity contribution is 7.16. The number of thiazole rings is 1. The first-order valence-electron chi connectivity index (χ1n) is 10.5. The average Bonchev–Trinajstić information content (AvgIpc) is 3.26. The van der Waals surface area contributed by atoms with Crippen molar-refractivity contribution in [1.82, 2.24) is 24.8 Å². The molecule has 1 unspecified atom stereocenters. The Morgan fingerprint density at radius 1 is 1.13 bits per heavy atom. The SMILES string of the molecule is CC(=O)N1CCc2nc(N3CCN(C(C)c4ccc5scnc5c4)CC3)ncc2C1. The molecule has 1 saturated heterocycles. The van der Waals surface area contributed by atoms with Crippen LogP contribution in [0.25, 0.3) is 10.2 Å². The van der Waals surface area contributed by atoms with E-state index < -0.39 is 0 Å². The van der Waals surface area contributed by atoms with Gasteiger partial charge in [-0.05, 0) is 24.6 Å². The van der Waals surface area contributed by atoms with Crippen molar-refractivity contribution in [2.75, 3.05) is 37.6 Å². The molecule has 1 fully saturated rings. The Morgan fingerprint density at radius 3 is 2.77 bits per heavy atom. The van der Waals surface area contributed by atoms with Gasteiger partial charge in [0.05, 0.1) is 21.4 Å². The van der Waals surface area contributed by atoms with Gasteiger partial charge in [-0.15, -0.1) is 11.3 Å². The summed E-state index contributed by atoms with van der Waals surface area (Å²) in [6, 6.07) is 7.00. The Kier molecular flexibility index (Phi) is 5.12. The molecule has 0 bridgehead atoms. The smallest absolute Gasteiger partial charge is 0.225 e. The summed E-state index contributed by atoms with van der Waals surface area (Å²) in [5.74, 6) is 0.935. The lowest BCUT2D eigenvalue weighted by molar-refractivity contribution is -0.129. The van der Waals surface area contributed by atoms with Crippen LogP contribution in [0.5, 0.6) is 0 Å². The van der Waals surface area contributed by atoms with Crippen LogP contribution < -0.4 is 4.90 Å². The largest absolute Gasteiger partial charge is 0.338 e. The molecule has 8 heteroatoms. The van der Waals surface area contributed by atoms with E-state index in [2.05, 4.69) is 44.9 Å². The molecule has 0 saturated carbocycles. The lowest BCUT2D eigenvalue weighted by Crippen LogP contribution is -2.48. The van der Waals surface area contributed by atoms with Crippen molar-refractivity contribution >= 4 is 33.4 Å². The van der Waals surface area contributed by atoms with E-state index in [1.807, 2.05) is 16.6 Å². The third-order valence-electron chi connectivity index (χ3n) is 6.35. The second-order valence-electron chi connectivity index (χ2n) is 8.11. The molecule has 1 amide bonds. The molecule has 0 N–H and O–H groups in total. The fourth-order valence-electron chi connectivity index (χ4n) is 4.38. The first kappa shape index (κ1) is 19.4. The summed E-state index contributed by atoms with van der Waals surface area (Å²) < 4.78 is 1.24. The highest BCUT2D eigenvalue weighted by atomic mass is 32.1. The number of carbonyl (C=O) groups is 1. The van der Waals surface area contributed by atoms with Gasteiger partial charge in [0.15, 0.2) is 0 Å². The second-order valence-corrected chi connectivity index (χ2v) is 9.00. The van der Waals surface area contributed by atoms with Crippen molar-refractivity contribution in [1.29, 1.82) is 0 Å². The quantitative estimate of drug-likeness (QED) is 0.647. The molecular weight excluding hydrogens is 396 g/mol. The molecule has 1 atom stereocenters. The van der Waals surface area contributed by atoms with Gasteiger partial charge in [0.2, 0.25) is 11.9 Å². The zero-order valence-corrected chi connectivity index (χ0v) is 18.2. The van der Waals surface area contributed by atoms with Crippen molar-refractivity contribution in [3.63, 3.8) is 0 Å². The van der Waals surface area contributed by atoms with Gasteiger partial charge in [0, 0.05) is 70.4 Å². The van der Waals surface area contributed by atoms with Gasteiger partial charge in [-0.1, -0.05) is 6.07 Å². The predicted octanol–water partition coefficient (Wildman–Crippen LogP) is 2.87. The molecule has 0 radical (unpaired) electrons. The summed E-state index contributed by atoms with van der Waals surface area (Å²) in [7, 11) is 0. The van der Waals surface area contributed by atoms with Gasteiger partial charge in [-0.3, -0.25) is 9.69 Å². The highest BCUT2D eigenvalue weighted by Gasteiger charge is 2.25. The van der Waals surface area contributed by atoms with Gasteiger partial charge in [0.25, 0.3) is 0 Å². The van der Waals surface area contributed by atoms with E-state index in [-0.39, 0.29) is 5.91 Å².